The fraction of sp³-hybridized carbons (Fsp3) is 1.00. The zero-order valence-electron chi connectivity index (χ0n) is 19.3. The molecule has 0 aliphatic rings. The summed E-state index contributed by atoms with van der Waals surface area (Å²) >= 11 is 0. The minimum Gasteiger partial charge on any atom is -0.0654 e. The van der Waals surface area contributed by atoms with Crippen LogP contribution in [0.5, 0.6) is 0 Å². The smallest absolute Gasteiger partial charge is 0.0352 e. The van der Waals surface area contributed by atoms with E-state index in [0.29, 0.717) is 5.41 Å². The van der Waals surface area contributed by atoms with Crippen molar-refractivity contribution in [1.29, 1.82) is 0 Å². The molecule has 0 saturated heterocycles. The molecule has 3 unspecified atom stereocenters. The lowest BCUT2D eigenvalue weighted by Gasteiger charge is -2.29. The van der Waals surface area contributed by atoms with Crippen LogP contribution in [0.2, 0.25) is 0 Å². The molecule has 0 fully saturated rings. The van der Waals surface area contributed by atoms with E-state index in [1.807, 2.05) is 0 Å². The fourth-order valence-electron chi connectivity index (χ4n) is 4.64. The minimum absolute atomic E-state index is 0.530. The quantitative estimate of drug-likeness (QED) is 0.243. The van der Waals surface area contributed by atoms with Crippen molar-refractivity contribution in [3.63, 3.8) is 0 Å². The van der Waals surface area contributed by atoms with E-state index in [1.165, 1.54) is 77.0 Å². The third-order valence-corrected chi connectivity index (χ3v) is 6.27. The van der Waals surface area contributed by atoms with Gasteiger partial charge in [0.15, 0.2) is 0 Å². The highest BCUT2D eigenvalue weighted by Crippen LogP contribution is 2.34. The average molecular weight is 353 g/mol. The molecule has 0 saturated carbocycles. The van der Waals surface area contributed by atoms with Crippen molar-refractivity contribution in [3.05, 3.63) is 0 Å². The predicted molar refractivity (Wildman–Crippen MR) is 117 cm³/mol. The van der Waals surface area contributed by atoms with Crippen LogP contribution in [0.4, 0.5) is 0 Å². The predicted octanol–water partition coefficient (Wildman–Crippen LogP) is 9.28. The Hall–Kier alpha value is 0. The molecule has 0 N–H and O–H groups in total. The topological polar surface area (TPSA) is 0 Å². The van der Waals surface area contributed by atoms with E-state index >= 15 is 0 Å². The van der Waals surface area contributed by atoms with E-state index in [0.717, 1.165) is 23.7 Å². The van der Waals surface area contributed by atoms with Gasteiger partial charge in [-0.05, 0) is 48.3 Å². The molecule has 152 valence electrons. The second-order valence-electron chi connectivity index (χ2n) is 10.5. The Morgan fingerprint density at radius 2 is 1.20 bits per heavy atom. The monoisotopic (exact) mass is 352 g/mol. The van der Waals surface area contributed by atoms with Crippen LogP contribution in [0.3, 0.4) is 0 Å². The maximum absolute atomic E-state index is 2.49. The van der Waals surface area contributed by atoms with Crippen molar-refractivity contribution in [2.45, 2.75) is 132 Å². The molecular formula is C25H52. The molecule has 25 heavy (non-hydrogen) atoms. The van der Waals surface area contributed by atoms with Crippen molar-refractivity contribution >= 4 is 0 Å². The van der Waals surface area contributed by atoms with Gasteiger partial charge in [0.2, 0.25) is 0 Å². The zero-order valence-corrected chi connectivity index (χ0v) is 19.3. The second-order valence-corrected chi connectivity index (χ2v) is 10.5. The van der Waals surface area contributed by atoms with Crippen LogP contribution in [0, 0.1) is 29.1 Å². The molecule has 0 heterocycles. The normalized spacial score (nSPS) is 16.2. The molecule has 0 radical (unpaired) electrons. The highest BCUT2D eigenvalue weighted by Gasteiger charge is 2.21. The molecule has 0 aliphatic carbocycles. The Morgan fingerprint density at radius 3 is 1.72 bits per heavy atom. The molecule has 0 nitrogen and oxygen atoms in total. The van der Waals surface area contributed by atoms with Gasteiger partial charge in [0.05, 0.1) is 0 Å². The van der Waals surface area contributed by atoms with Gasteiger partial charge in [-0.15, -0.1) is 0 Å². The Morgan fingerprint density at radius 1 is 0.680 bits per heavy atom. The molecule has 0 amide bonds. The number of hydrogen-bond donors (Lipinski definition) is 0. The molecule has 0 aliphatic heterocycles. The van der Waals surface area contributed by atoms with E-state index in [-0.39, 0.29) is 0 Å². The van der Waals surface area contributed by atoms with Gasteiger partial charge in [-0.2, -0.15) is 0 Å². The number of rotatable bonds is 16. The first-order valence-electron chi connectivity index (χ1n) is 11.7. The first-order chi connectivity index (χ1) is 11.7. The Labute approximate surface area is 161 Å². The molecule has 0 aromatic carbocycles. The van der Waals surface area contributed by atoms with Crippen molar-refractivity contribution in [3.8, 4) is 0 Å². The van der Waals surface area contributed by atoms with Crippen LogP contribution >= 0.6 is 0 Å². The molecule has 0 spiro atoms. The van der Waals surface area contributed by atoms with Gasteiger partial charge >= 0.3 is 0 Å². The van der Waals surface area contributed by atoms with Crippen LogP contribution in [0.1, 0.15) is 132 Å². The first kappa shape index (κ1) is 25.0. The molecule has 0 aromatic heterocycles. The van der Waals surface area contributed by atoms with Gasteiger partial charge in [-0.1, -0.05) is 113 Å². The fourth-order valence-corrected chi connectivity index (χ4v) is 4.64. The summed E-state index contributed by atoms with van der Waals surface area (Å²) in [6.45, 7) is 19.4. The molecule has 0 aromatic rings. The van der Waals surface area contributed by atoms with Crippen LogP contribution < -0.4 is 0 Å². The molecule has 0 bridgehead atoms. The summed E-state index contributed by atoms with van der Waals surface area (Å²) in [7, 11) is 0. The SMILES string of the molecule is CCCCCCCC(C)C(C)CCCCC(C)(C)CC(C)CC(C)C. The Bertz CT molecular complexity index is 288. The van der Waals surface area contributed by atoms with Gasteiger partial charge in [-0.25, -0.2) is 0 Å². The van der Waals surface area contributed by atoms with E-state index in [4.69, 9.17) is 0 Å². The third-order valence-electron chi connectivity index (χ3n) is 6.27. The zero-order chi connectivity index (χ0) is 19.3. The molecule has 0 rings (SSSR count). The summed E-state index contributed by atoms with van der Waals surface area (Å²) in [5, 5.41) is 0. The van der Waals surface area contributed by atoms with Gasteiger partial charge < -0.3 is 0 Å². The summed E-state index contributed by atoms with van der Waals surface area (Å²) in [4.78, 5) is 0. The third kappa shape index (κ3) is 14.8. The van der Waals surface area contributed by atoms with Crippen LogP contribution in [-0.2, 0) is 0 Å². The van der Waals surface area contributed by atoms with Gasteiger partial charge in [0.25, 0.3) is 0 Å². The average Bonchev–Trinajstić information content (AvgIpc) is 2.49. The minimum atomic E-state index is 0.530. The van der Waals surface area contributed by atoms with Crippen molar-refractivity contribution in [2.75, 3.05) is 0 Å². The summed E-state index contributed by atoms with van der Waals surface area (Å²) in [5.41, 5.74) is 0.530. The van der Waals surface area contributed by atoms with Gasteiger partial charge in [-0.3, -0.25) is 0 Å². The Balaban J connectivity index is 3.82. The van der Waals surface area contributed by atoms with Crippen molar-refractivity contribution in [1.82, 2.24) is 0 Å². The van der Waals surface area contributed by atoms with Crippen LogP contribution in [0.15, 0.2) is 0 Å². The van der Waals surface area contributed by atoms with Crippen molar-refractivity contribution < 1.29 is 0 Å². The second kappa shape index (κ2) is 14.1. The highest BCUT2D eigenvalue weighted by atomic mass is 14.3. The summed E-state index contributed by atoms with van der Waals surface area (Å²) in [6, 6.07) is 0. The molecule has 3 atom stereocenters. The van der Waals surface area contributed by atoms with E-state index in [9.17, 15) is 0 Å². The largest absolute Gasteiger partial charge is 0.0654 e. The Kier molecular flexibility index (Phi) is 14.1. The maximum Gasteiger partial charge on any atom is -0.0352 e. The molecule has 0 heteroatoms. The standard InChI is InChI=1S/C25H52/c1-9-10-11-12-13-16-23(5)24(6)17-14-15-18-25(7,8)20-22(4)19-21(2)3/h21-24H,9-20H2,1-8H3. The number of unbranched alkanes of at least 4 members (excludes halogenated alkanes) is 5. The maximum atomic E-state index is 2.49. The summed E-state index contributed by atoms with van der Waals surface area (Å²) in [5.74, 6) is 3.55. The lowest BCUT2D eigenvalue weighted by atomic mass is 9.77. The van der Waals surface area contributed by atoms with Gasteiger partial charge in [0, 0.05) is 0 Å². The number of hydrogen-bond acceptors (Lipinski definition) is 0. The van der Waals surface area contributed by atoms with Gasteiger partial charge in [0.1, 0.15) is 0 Å². The molecular weight excluding hydrogens is 300 g/mol. The first-order valence-corrected chi connectivity index (χ1v) is 11.7. The lowest BCUT2D eigenvalue weighted by molar-refractivity contribution is 0.226. The van der Waals surface area contributed by atoms with E-state index in [1.54, 1.807) is 0 Å². The highest BCUT2D eigenvalue weighted by molar-refractivity contribution is 4.73. The summed E-state index contributed by atoms with van der Waals surface area (Å²) in [6.07, 6.45) is 17.1. The van der Waals surface area contributed by atoms with E-state index in [2.05, 4.69) is 55.4 Å². The van der Waals surface area contributed by atoms with Crippen molar-refractivity contribution in [2.24, 2.45) is 29.1 Å². The summed E-state index contributed by atoms with van der Waals surface area (Å²) < 4.78 is 0. The van der Waals surface area contributed by atoms with Crippen LogP contribution in [0.25, 0.3) is 0 Å². The van der Waals surface area contributed by atoms with E-state index < -0.39 is 0 Å². The lowest BCUT2D eigenvalue weighted by Crippen LogP contribution is -2.17. The van der Waals surface area contributed by atoms with Crippen LogP contribution in [-0.4, -0.2) is 0 Å².